The van der Waals surface area contributed by atoms with E-state index in [0.29, 0.717) is 18.3 Å². The monoisotopic (exact) mass is 168 g/mol. The van der Waals surface area contributed by atoms with E-state index in [1.54, 1.807) is 6.08 Å². The van der Waals surface area contributed by atoms with Crippen molar-refractivity contribution >= 4 is 0 Å². The lowest BCUT2D eigenvalue weighted by molar-refractivity contribution is 0.456. The first-order valence-electron chi connectivity index (χ1n) is 4.66. The molecule has 1 aliphatic rings. The lowest BCUT2D eigenvalue weighted by atomic mass is 9.85. The lowest BCUT2D eigenvalue weighted by Gasteiger charge is -2.21. The Morgan fingerprint density at radius 1 is 1.17 bits per heavy atom. The summed E-state index contributed by atoms with van der Waals surface area (Å²) < 4.78 is 12.6. The molecule has 0 nitrogen and oxygen atoms in total. The van der Waals surface area contributed by atoms with E-state index in [-0.39, 0.29) is 5.83 Å². The molecule has 0 amide bonds. The van der Waals surface area contributed by atoms with Gasteiger partial charge in [-0.2, -0.15) is 0 Å². The van der Waals surface area contributed by atoms with Gasteiger partial charge in [0.1, 0.15) is 5.83 Å². The topological polar surface area (TPSA) is 0 Å². The molecule has 1 atom stereocenters. The van der Waals surface area contributed by atoms with E-state index in [2.05, 4.69) is 20.8 Å². The molecule has 0 N–H and O–H groups in total. The van der Waals surface area contributed by atoms with Crippen molar-refractivity contribution in [3.05, 3.63) is 23.6 Å². The van der Waals surface area contributed by atoms with Crippen LogP contribution < -0.4 is 0 Å². The van der Waals surface area contributed by atoms with Crippen molar-refractivity contribution < 1.29 is 4.39 Å². The Morgan fingerprint density at radius 2 is 1.83 bits per heavy atom. The lowest BCUT2D eigenvalue weighted by Crippen LogP contribution is -2.08. The van der Waals surface area contributed by atoms with Crippen molar-refractivity contribution in [3.63, 3.8) is 0 Å². The van der Waals surface area contributed by atoms with Crippen molar-refractivity contribution in [2.45, 2.75) is 33.6 Å². The molecule has 0 saturated heterocycles. The third-order valence-corrected chi connectivity index (χ3v) is 2.72. The minimum Gasteiger partial charge on any atom is -0.212 e. The highest BCUT2D eigenvalue weighted by atomic mass is 19.1. The van der Waals surface area contributed by atoms with Crippen LogP contribution in [-0.2, 0) is 0 Å². The summed E-state index contributed by atoms with van der Waals surface area (Å²) in [5, 5.41) is 0. The van der Waals surface area contributed by atoms with Gasteiger partial charge in [-0.1, -0.05) is 32.4 Å². The summed E-state index contributed by atoms with van der Waals surface area (Å²) >= 11 is 0. The van der Waals surface area contributed by atoms with E-state index in [1.165, 1.54) is 5.57 Å². The zero-order valence-corrected chi connectivity index (χ0v) is 8.10. The first kappa shape index (κ1) is 9.50. The maximum absolute atomic E-state index is 12.6. The number of halogens is 1. The molecule has 0 heterocycles. The van der Waals surface area contributed by atoms with Crippen LogP contribution in [0, 0.1) is 11.8 Å². The molecule has 0 aliphatic heterocycles. The Morgan fingerprint density at radius 3 is 2.25 bits per heavy atom. The molecule has 0 fully saturated rings. The summed E-state index contributed by atoms with van der Waals surface area (Å²) in [6, 6.07) is 0. The predicted molar refractivity (Wildman–Crippen MR) is 50.5 cm³/mol. The molecule has 0 aromatic carbocycles. The Kier molecular flexibility index (Phi) is 3.07. The van der Waals surface area contributed by atoms with Crippen LogP contribution >= 0.6 is 0 Å². The highest BCUT2D eigenvalue weighted by Crippen LogP contribution is 2.28. The van der Waals surface area contributed by atoms with Gasteiger partial charge in [-0.15, -0.1) is 0 Å². The van der Waals surface area contributed by atoms with E-state index >= 15 is 0 Å². The van der Waals surface area contributed by atoms with E-state index < -0.39 is 0 Å². The molecule has 1 unspecified atom stereocenters. The fourth-order valence-corrected chi connectivity index (χ4v) is 1.44. The Balaban J connectivity index is 2.65. The van der Waals surface area contributed by atoms with Crippen molar-refractivity contribution in [1.82, 2.24) is 0 Å². The van der Waals surface area contributed by atoms with Crippen molar-refractivity contribution in [2.75, 3.05) is 0 Å². The third-order valence-electron chi connectivity index (χ3n) is 2.72. The Bertz CT molecular complexity index is 211. The molecule has 1 heteroatoms. The van der Waals surface area contributed by atoms with Gasteiger partial charge in [-0.25, -0.2) is 4.39 Å². The number of allylic oxidation sites excluding steroid dienone is 4. The highest BCUT2D eigenvalue weighted by molar-refractivity contribution is 5.22. The number of rotatable bonds is 2. The first-order chi connectivity index (χ1) is 5.61. The van der Waals surface area contributed by atoms with Gasteiger partial charge in [0.15, 0.2) is 0 Å². The van der Waals surface area contributed by atoms with Gasteiger partial charge in [-0.05, 0) is 24.3 Å². The number of hydrogen-bond acceptors (Lipinski definition) is 0. The van der Waals surface area contributed by atoms with E-state index in [0.717, 1.165) is 6.42 Å². The van der Waals surface area contributed by atoms with Crippen LogP contribution in [0.2, 0.25) is 0 Å². The van der Waals surface area contributed by atoms with E-state index in [1.807, 2.05) is 6.08 Å². The van der Waals surface area contributed by atoms with Gasteiger partial charge >= 0.3 is 0 Å². The zero-order chi connectivity index (χ0) is 9.14. The molecule has 0 saturated carbocycles. The summed E-state index contributed by atoms with van der Waals surface area (Å²) in [5.41, 5.74) is 1.39. The van der Waals surface area contributed by atoms with Gasteiger partial charge in [-0.3, -0.25) is 0 Å². The second-order valence-corrected chi connectivity index (χ2v) is 3.89. The van der Waals surface area contributed by atoms with Gasteiger partial charge < -0.3 is 0 Å². The largest absolute Gasteiger partial charge is 0.212 e. The molecule has 0 bridgehead atoms. The molecule has 0 spiro atoms. The zero-order valence-electron chi connectivity index (χ0n) is 8.10. The standard InChI is InChI=1S/C11H17F/c1-8(2)9(3)10-4-6-11(12)7-5-10/h4,6,8-9H,5,7H2,1-3H3. The minimum absolute atomic E-state index is 0.0229. The Labute approximate surface area is 74.2 Å². The molecule has 68 valence electrons. The highest BCUT2D eigenvalue weighted by Gasteiger charge is 2.14. The third kappa shape index (κ3) is 2.20. The summed E-state index contributed by atoms with van der Waals surface area (Å²) in [6.45, 7) is 6.63. The van der Waals surface area contributed by atoms with Gasteiger partial charge in [0.2, 0.25) is 0 Å². The smallest absolute Gasteiger partial charge is 0.100 e. The summed E-state index contributed by atoms with van der Waals surface area (Å²) in [4.78, 5) is 0. The average molecular weight is 168 g/mol. The summed E-state index contributed by atoms with van der Waals surface area (Å²) in [7, 11) is 0. The second kappa shape index (κ2) is 3.88. The van der Waals surface area contributed by atoms with E-state index in [4.69, 9.17) is 0 Å². The quantitative estimate of drug-likeness (QED) is 0.587. The molecule has 0 aromatic rings. The molecular formula is C11H17F. The SMILES string of the molecule is CC(C)C(C)C1=CC=C(F)CC1. The molecular weight excluding hydrogens is 151 g/mol. The Hall–Kier alpha value is -0.590. The maximum atomic E-state index is 12.6. The first-order valence-corrected chi connectivity index (χ1v) is 4.66. The van der Waals surface area contributed by atoms with Gasteiger partial charge in [0.25, 0.3) is 0 Å². The van der Waals surface area contributed by atoms with Crippen LogP contribution in [0.15, 0.2) is 23.6 Å². The minimum atomic E-state index is 0.0229. The van der Waals surface area contributed by atoms with Crippen LogP contribution in [0.4, 0.5) is 4.39 Å². The van der Waals surface area contributed by atoms with Crippen LogP contribution in [0.25, 0.3) is 0 Å². The van der Waals surface area contributed by atoms with Gasteiger partial charge in [0.05, 0.1) is 0 Å². The number of hydrogen-bond donors (Lipinski definition) is 0. The molecule has 1 aliphatic carbocycles. The van der Waals surface area contributed by atoms with Crippen molar-refractivity contribution in [1.29, 1.82) is 0 Å². The fraction of sp³-hybridized carbons (Fsp3) is 0.636. The van der Waals surface area contributed by atoms with Crippen molar-refractivity contribution in [3.8, 4) is 0 Å². The summed E-state index contributed by atoms with van der Waals surface area (Å²) in [6.07, 6.45) is 5.06. The maximum Gasteiger partial charge on any atom is 0.100 e. The molecule has 0 radical (unpaired) electrons. The predicted octanol–water partition coefficient (Wildman–Crippen LogP) is 3.85. The summed E-state index contributed by atoms with van der Waals surface area (Å²) in [5.74, 6) is 1.27. The molecule has 1 rings (SSSR count). The fourth-order valence-electron chi connectivity index (χ4n) is 1.44. The van der Waals surface area contributed by atoms with Crippen LogP contribution in [0.5, 0.6) is 0 Å². The van der Waals surface area contributed by atoms with Crippen LogP contribution in [0.1, 0.15) is 33.6 Å². The van der Waals surface area contributed by atoms with Crippen LogP contribution in [0.3, 0.4) is 0 Å². The van der Waals surface area contributed by atoms with Gasteiger partial charge in [0, 0.05) is 6.42 Å². The molecule has 0 aromatic heterocycles. The molecule has 12 heavy (non-hydrogen) atoms. The average Bonchev–Trinajstić information content (AvgIpc) is 2.04. The normalized spacial score (nSPS) is 20.4. The van der Waals surface area contributed by atoms with Crippen LogP contribution in [-0.4, -0.2) is 0 Å². The second-order valence-electron chi connectivity index (χ2n) is 3.89. The van der Waals surface area contributed by atoms with E-state index in [9.17, 15) is 4.39 Å². The van der Waals surface area contributed by atoms with Crippen molar-refractivity contribution in [2.24, 2.45) is 11.8 Å².